The van der Waals surface area contributed by atoms with Crippen molar-refractivity contribution in [1.82, 2.24) is 0 Å². The lowest BCUT2D eigenvalue weighted by molar-refractivity contribution is -0.171. The minimum absolute atomic E-state index is 0.237. The summed E-state index contributed by atoms with van der Waals surface area (Å²) in [6, 6.07) is 0. The summed E-state index contributed by atoms with van der Waals surface area (Å²) in [6.45, 7) is 0.334. The molecule has 2 saturated carbocycles. The molecule has 1 heterocycles. The van der Waals surface area contributed by atoms with Crippen molar-refractivity contribution in [3.05, 3.63) is 12.5 Å². The van der Waals surface area contributed by atoms with Crippen LogP contribution in [-0.4, -0.2) is 17.5 Å². The van der Waals surface area contributed by atoms with E-state index in [0.29, 0.717) is 12.5 Å². The van der Waals surface area contributed by atoms with Gasteiger partial charge >= 0.3 is 0 Å². The number of aliphatic hydroxyl groups excluding tert-OH is 1. The molecule has 0 bridgehead atoms. The van der Waals surface area contributed by atoms with Gasteiger partial charge in [0.2, 0.25) is 5.79 Å². The van der Waals surface area contributed by atoms with Gasteiger partial charge in [0.1, 0.15) is 12.5 Å². The van der Waals surface area contributed by atoms with E-state index in [1.807, 2.05) is 0 Å². The van der Waals surface area contributed by atoms with Crippen LogP contribution >= 0.6 is 0 Å². The van der Waals surface area contributed by atoms with E-state index in [2.05, 4.69) is 0 Å². The van der Waals surface area contributed by atoms with Gasteiger partial charge in [-0.3, -0.25) is 0 Å². The molecule has 1 N–H and O–H groups in total. The lowest BCUT2D eigenvalue weighted by Gasteiger charge is -2.34. The van der Waals surface area contributed by atoms with Gasteiger partial charge < -0.3 is 14.6 Å². The third kappa shape index (κ3) is 0.937. The molecule has 0 aromatic rings. The van der Waals surface area contributed by atoms with E-state index >= 15 is 0 Å². The molecule has 0 saturated heterocycles. The molecule has 0 amide bonds. The van der Waals surface area contributed by atoms with Crippen LogP contribution in [0, 0.1) is 11.3 Å². The maximum Gasteiger partial charge on any atom is 0.250 e. The Morgan fingerprint density at radius 1 is 1.23 bits per heavy atom. The van der Waals surface area contributed by atoms with Crippen molar-refractivity contribution in [2.45, 2.75) is 31.5 Å². The van der Waals surface area contributed by atoms with Gasteiger partial charge in [0.15, 0.2) is 0 Å². The normalized spacial score (nSPS) is 43.9. The summed E-state index contributed by atoms with van der Waals surface area (Å²) in [6.07, 6.45) is 7.31. The van der Waals surface area contributed by atoms with E-state index < -0.39 is 0 Å². The number of aliphatic hydroxyl groups is 1. The number of hydrogen-bond acceptors (Lipinski definition) is 3. The van der Waals surface area contributed by atoms with E-state index in [-0.39, 0.29) is 11.2 Å². The Balaban J connectivity index is 1.73. The van der Waals surface area contributed by atoms with Crippen LogP contribution in [0.1, 0.15) is 25.7 Å². The second kappa shape index (κ2) is 2.21. The van der Waals surface area contributed by atoms with Crippen LogP contribution in [0.3, 0.4) is 0 Å². The van der Waals surface area contributed by atoms with Crippen LogP contribution in [0.4, 0.5) is 0 Å². The zero-order valence-electron chi connectivity index (χ0n) is 7.53. The van der Waals surface area contributed by atoms with E-state index in [9.17, 15) is 5.11 Å². The molecular formula is C10H14O3. The van der Waals surface area contributed by atoms with E-state index in [1.54, 1.807) is 12.5 Å². The van der Waals surface area contributed by atoms with Crippen LogP contribution in [0.15, 0.2) is 12.5 Å². The minimum atomic E-state index is -0.361. The van der Waals surface area contributed by atoms with Gasteiger partial charge in [-0.15, -0.1) is 0 Å². The molecule has 72 valence electrons. The summed E-state index contributed by atoms with van der Waals surface area (Å²) in [7, 11) is 0. The van der Waals surface area contributed by atoms with E-state index in [1.165, 1.54) is 0 Å². The van der Waals surface area contributed by atoms with Gasteiger partial charge in [-0.25, -0.2) is 0 Å². The molecule has 1 spiro atoms. The highest BCUT2D eigenvalue weighted by molar-refractivity contribution is 5.09. The van der Waals surface area contributed by atoms with Crippen molar-refractivity contribution in [3.8, 4) is 0 Å². The molecule has 3 aliphatic rings. The van der Waals surface area contributed by atoms with Gasteiger partial charge in [-0.2, -0.15) is 0 Å². The van der Waals surface area contributed by atoms with Crippen molar-refractivity contribution in [1.29, 1.82) is 0 Å². The number of hydrogen-bond donors (Lipinski definition) is 1. The summed E-state index contributed by atoms with van der Waals surface area (Å²) in [4.78, 5) is 0. The fourth-order valence-corrected chi connectivity index (χ4v) is 2.76. The molecule has 2 atom stereocenters. The molecule has 3 nitrogen and oxygen atoms in total. The Morgan fingerprint density at radius 3 is 2.62 bits per heavy atom. The fraction of sp³-hybridized carbons (Fsp3) is 0.800. The van der Waals surface area contributed by atoms with E-state index in [0.717, 1.165) is 25.7 Å². The summed E-state index contributed by atoms with van der Waals surface area (Å²) in [5.41, 5.74) is 0.237. The first kappa shape index (κ1) is 7.68. The second-order valence-corrected chi connectivity index (χ2v) is 4.54. The zero-order chi connectivity index (χ0) is 8.94. The maximum atomic E-state index is 9.23. The largest absolute Gasteiger partial charge is 0.457 e. The summed E-state index contributed by atoms with van der Waals surface area (Å²) in [5.74, 6) is 0.256. The molecule has 1 aliphatic heterocycles. The quantitative estimate of drug-likeness (QED) is 0.666. The average molecular weight is 182 g/mol. The Kier molecular flexibility index (Phi) is 1.30. The Labute approximate surface area is 77.3 Å². The molecule has 0 aromatic carbocycles. The number of rotatable bonds is 1. The first-order valence-corrected chi connectivity index (χ1v) is 4.90. The first-order chi connectivity index (χ1) is 6.29. The summed E-state index contributed by atoms with van der Waals surface area (Å²) < 4.78 is 11.0. The SMILES string of the molecule is OCC12CCC3(CC1C2)OC=CO3. The third-order valence-corrected chi connectivity index (χ3v) is 3.86. The number of ether oxygens (including phenoxy) is 2. The van der Waals surface area contributed by atoms with Gasteiger partial charge in [-0.05, 0) is 24.2 Å². The molecular weight excluding hydrogens is 168 g/mol. The van der Waals surface area contributed by atoms with Crippen LogP contribution in [-0.2, 0) is 9.47 Å². The molecule has 2 unspecified atom stereocenters. The highest BCUT2D eigenvalue weighted by Gasteiger charge is 2.61. The smallest absolute Gasteiger partial charge is 0.250 e. The molecule has 2 fully saturated rings. The lowest BCUT2D eigenvalue weighted by Crippen LogP contribution is -2.36. The Morgan fingerprint density at radius 2 is 2.00 bits per heavy atom. The molecule has 13 heavy (non-hydrogen) atoms. The van der Waals surface area contributed by atoms with Gasteiger partial charge in [0.25, 0.3) is 0 Å². The molecule has 0 aromatic heterocycles. The number of fused-ring (bicyclic) bond motifs is 1. The van der Waals surface area contributed by atoms with Gasteiger partial charge in [0.05, 0.1) is 0 Å². The van der Waals surface area contributed by atoms with Crippen LogP contribution in [0.25, 0.3) is 0 Å². The second-order valence-electron chi connectivity index (χ2n) is 4.54. The molecule has 0 radical (unpaired) electrons. The molecule has 3 rings (SSSR count). The summed E-state index contributed by atoms with van der Waals surface area (Å²) in [5, 5.41) is 9.23. The van der Waals surface area contributed by atoms with Gasteiger partial charge in [-0.1, -0.05) is 0 Å². The lowest BCUT2D eigenvalue weighted by atomic mass is 9.85. The van der Waals surface area contributed by atoms with Crippen LogP contribution < -0.4 is 0 Å². The topological polar surface area (TPSA) is 38.7 Å². The fourth-order valence-electron chi connectivity index (χ4n) is 2.76. The minimum Gasteiger partial charge on any atom is -0.457 e. The Bertz CT molecular complexity index is 253. The van der Waals surface area contributed by atoms with Crippen molar-refractivity contribution in [2.75, 3.05) is 6.61 Å². The highest BCUT2D eigenvalue weighted by atomic mass is 16.7. The van der Waals surface area contributed by atoms with E-state index in [4.69, 9.17) is 9.47 Å². The summed E-state index contributed by atoms with van der Waals surface area (Å²) >= 11 is 0. The predicted octanol–water partition coefficient (Wildman–Crippen LogP) is 1.38. The van der Waals surface area contributed by atoms with Crippen LogP contribution in [0.5, 0.6) is 0 Å². The average Bonchev–Trinajstić information content (AvgIpc) is 2.69. The molecule has 3 heteroatoms. The Hall–Kier alpha value is -0.700. The maximum absolute atomic E-state index is 9.23. The predicted molar refractivity (Wildman–Crippen MR) is 45.5 cm³/mol. The van der Waals surface area contributed by atoms with Crippen molar-refractivity contribution >= 4 is 0 Å². The highest BCUT2D eigenvalue weighted by Crippen LogP contribution is 2.64. The standard InChI is InChI=1S/C10H14O3/c11-7-9-1-2-10(6-8(9)5-9)12-3-4-13-10/h3-4,8,11H,1-2,5-7H2. The monoisotopic (exact) mass is 182 g/mol. The van der Waals surface area contributed by atoms with Crippen molar-refractivity contribution < 1.29 is 14.6 Å². The van der Waals surface area contributed by atoms with Crippen molar-refractivity contribution in [3.63, 3.8) is 0 Å². The third-order valence-electron chi connectivity index (χ3n) is 3.86. The van der Waals surface area contributed by atoms with Crippen molar-refractivity contribution in [2.24, 2.45) is 11.3 Å². The van der Waals surface area contributed by atoms with Crippen LogP contribution in [0.2, 0.25) is 0 Å². The molecule has 2 aliphatic carbocycles. The zero-order valence-corrected chi connectivity index (χ0v) is 7.53. The first-order valence-electron chi connectivity index (χ1n) is 4.90. The van der Waals surface area contributed by atoms with Gasteiger partial charge in [0, 0.05) is 19.4 Å².